The van der Waals surface area contributed by atoms with Crippen LogP contribution in [0.1, 0.15) is 50.3 Å². The van der Waals surface area contributed by atoms with Crippen LogP contribution < -0.4 is 5.73 Å². The molecule has 0 bridgehead atoms. The number of rotatable bonds is 3. The van der Waals surface area contributed by atoms with Crippen LogP contribution in [-0.4, -0.2) is 5.11 Å². The fourth-order valence-electron chi connectivity index (χ4n) is 1.56. The van der Waals surface area contributed by atoms with E-state index in [0.29, 0.717) is 11.7 Å². The van der Waals surface area contributed by atoms with Crippen molar-refractivity contribution in [2.24, 2.45) is 5.73 Å². The van der Waals surface area contributed by atoms with Crippen molar-refractivity contribution in [3.63, 3.8) is 0 Å². The smallest absolute Gasteiger partial charge is 0.123 e. The van der Waals surface area contributed by atoms with Gasteiger partial charge >= 0.3 is 0 Å². The Morgan fingerprint density at radius 2 is 1.86 bits per heavy atom. The van der Waals surface area contributed by atoms with Crippen molar-refractivity contribution >= 4 is 0 Å². The molecule has 2 nitrogen and oxygen atoms in total. The van der Waals surface area contributed by atoms with E-state index in [9.17, 15) is 5.11 Å². The largest absolute Gasteiger partial charge is 0.507 e. The average molecular weight is 193 g/mol. The predicted octanol–water partition coefficient (Wildman–Crippen LogP) is 2.93. The Hall–Kier alpha value is -1.02. The summed E-state index contributed by atoms with van der Waals surface area (Å²) in [5.74, 6) is 0.704. The minimum atomic E-state index is -0.0614. The highest BCUT2D eigenvalue weighted by atomic mass is 16.3. The lowest BCUT2D eigenvalue weighted by atomic mass is 9.95. The van der Waals surface area contributed by atoms with E-state index in [4.69, 9.17) is 5.73 Å². The van der Waals surface area contributed by atoms with E-state index in [1.807, 2.05) is 25.1 Å². The van der Waals surface area contributed by atoms with Gasteiger partial charge in [-0.2, -0.15) is 0 Å². The van der Waals surface area contributed by atoms with Crippen LogP contribution in [0.15, 0.2) is 18.2 Å². The Morgan fingerprint density at radius 3 is 2.36 bits per heavy atom. The summed E-state index contributed by atoms with van der Waals surface area (Å²) in [6.45, 7) is 6.15. The molecule has 0 radical (unpaired) electrons. The number of nitrogens with two attached hydrogens (primary N) is 1. The van der Waals surface area contributed by atoms with Crippen molar-refractivity contribution in [3.05, 3.63) is 29.3 Å². The number of aromatic hydroxyl groups is 1. The van der Waals surface area contributed by atoms with Crippen molar-refractivity contribution in [1.82, 2.24) is 0 Å². The third-order valence-electron chi connectivity index (χ3n) is 2.56. The zero-order chi connectivity index (χ0) is 10.7. The first-order valence-corrected chi connectivity index (χ1v) is 5.15. The summed E-state index contributed by atoms with van der Waals surface area (Å²) in [7, 11) is 0. The van der Waals surface area contributed by atoms with Gasteiger partial charge in [0.25, 0.3) is 0 Å². The Kier molecular flexibility index (Phi) is 3.53. The first kappa shape index (κ1) is 11.1. The summed E-state index contributed by atoms with van der Waals surface area (Å²) in [4.78, 5) is 0. The van der Waals surface area contributed by atoms with Crippen molar-refractivity contribution in [2.75, 3.05) is 0 Å². The predicted molar refractivity (Wildman–Crippen MR) is 59.4 cm³/mol. The van der Waals surface area contributed by atoms with Gasteiger partial charge in [0.1, 0.15) is 5.75 Å². The Morgan fingerprint density at radius 1 is 1.29 bits per heavy atom. The maximum Gasteiger partial charge on any atom is 0.123 e. The molecule has 14 heavy (non-hydrogen) atoms. The number of benzene rings is 1. The summed E-state index contributed by atoms with van der Waals surface area (Å²) < 4.78 is 0. The lowest BCUT2D eigenvalue weighted by molar-refractivity contribution is 0.450. The highest BCUT2D eigenvalue weighted by Crippen LogP contribution is 2.32. The Balaban J connectivity index is 3.13. The van der Waals surface area contributed by atoms with Gasteiger partial charge in [-0.3, -0.25) is 0 Å². The second-order valence-corrected chi connectivity index (χ2v) is 3.95. The maximum absolute atomic E-state index is 9.98. The van der Waals surface area contributed by atoms with Gasteiger partial charge < -0.3 is 10.8 Å². The third kappa shape index (κ3) is 2.07. The lowest BCUT2D eigenvalue weighted by Gasteiger charge is -2.15. The summed E-state index contributed by atoms with van der Waals surface area (Å²) in [5, 5.41) is 9.98. The van der Waals surface area contributed by atoms with Crippen LogP contribution in [-0.2, 0) is 0 Å². The summed E-state index contributed by atoms with van der Waals surface area (Å²) in [5.41, 5.74) is 7.74. The van der Waals surface area contributed by atoms with E-state index in [1.165, 1.54) is 0 Å². The molecule has 0 unspecified atom stereocenters. The molecule has 0 saturated heterocycles. The zero-order valence-electron chi connectivity index (χ0n) is 9.12. The molecule has 1 atom stereocenters. The molecule has 2 heteroatoms. The van der Waals surface area contributed by atoms with Crippen LogP contribution in [0.4, 0.5) is 0 Å². The van der Waals surface area contributed by atoms with E-state index in [-0.39, 0.29) is 6.04 Å². The number of hydrogen-bond acceptors (Lipinski definition) is 2. The van der Waals surface area contributed by atoms with Crippen LogP contribution in [0.3, 0.4) is 0 Å². The molecule has 1 aromatic rings. The number of phenolic OH excluding ortho intramolecular Hbond substituents is 1. The van der Waals surface area contributed by atoms with E-state index in [0.717, 1.165) is 17.5 Å². The van der Waals surface area contributed by atoms with Gasteiger partial charge in [0.15, 0.2) is 0 Å². The summed E-state index contributed by atoms with van der Waals surface area (Å²) in [6, 6.07) is 5.75. The minimum Gasteiger partial charge on any atom is -0.507 e. The van der Waals surface area contributed by atoms with Crippen molar-refractivity contribution in [1.29, 1.82) is 0 Å². The molecule has 0 heterocycles. The van der Waals surface area contributed by atoms with E-state index < -0.39 is 0 Å². The second kappa shape index (κ2) is 4.47. The first-order valence-electron chi connectivity index (χ1n) is 5.15. The van der Waals surface area contributed by atoms with Crippen molar-refractivity contribution in [2.45, 2.75) is 39.2 Å². The zero-order valence-corrected chi connectivity index (χ0v) is 9.12. The molecule has 0 amide bonds. The van der Waals surface area contributed by atoms with Crippen LogP contribution in [0.5, 0.6) is 5.75 Å². The molecule has 1 aromatic carbocycles. The van der Waals surface area contributed by atoms with Crippen molar-refractivity contribution < 1.29 is 5.11 Å². The molecule has 0 aliphatic rings. The van der Waals surface area contributed by atoms with Gasteiger partial charge in [-0.1, -0.05) is 39.0 Å². The average Bonchev–Trinajstić information content (AvgIpc) is 2.16. The topological polar surface area (TPSA) is 46.2 Å². The van der Waals surface area contributed by atoms with Crippen LogP contribution >= 0.6 is 0 Å². The summed E-state index contributed by atoms with van der Waals surface area (Å²) in [6.07, 6.45) is 0.842. The van der Waals surface area contributed by atoms with Gasteiger partial charge in [-0.15, -0.1) is 0 Å². The number of phenols is 1. The second-order valence-electron chi connectivity index (χ2n) is 3.95. The molecular weight excluding hydrogens is 174 g/mol. The molecule has 1 rings (SSSR count). The van der Waals surface area contributed by atoms with Gasteiger partial charge in [0.05, 0.1) is 0 Å². The molecule has 0 spiro atoms. The highest BCUT2D eigenvalue weighted by molar-refractivity contribution is 5.43. The summed E-state index contributed by atoms with van der Waals surface area (Å²) >= 11 is 0. The van der Waals surface area contributed by atoms with Gasteiger partial charge in [-0.05, 0) is 17.9 Å². The third-order valence-corrected chi connectivity index (χ3v) is 2.56. The molecule has 0 saturated carbocycles. The molecule has 78 valence electrons. The minimum absolute atomic E-state index is 0.0614. The quantitative estimate of drug-likeness (QED) is 0.775. The van der Waals surface area contributed by atoms with E-state index >= 15 is 0 Å². The molecule has 0 aliphatic heterocycles. The van der Waals surface area contributed by atoms with E-state index in [2.05, 4.69) is 13.8 Å². The van der Waals surface area contributed by atoms with Gasteiger partial charge in [-0.25, -0.2) is 0 Å². The van der Waals surface area contributed by atoms with E-state index in [1.54, 1.807) is 0 Å². The Labute approximate surface area is 85.8 Å². The molecule has 0 fully saturated rings. The fourth-order valence-corrected chi connectivity index (χ4v) is 1.56. The standard InChI is InChI=1S/C12H19NO/c1-4-11(13)10-7-5-6-9(8(2)3)12(10)14/h5-8,11,14H,4,13H2,1-3H3/t11-/m1/s1. The molecular formula is C12H19NO. The number of hydrogen-bond donors (Lipinski definition) is 2. The number of para-hydroxylation sites is 1. The van der Waals surface area contributed by atoms with Gasteiger partial charge in [0, 0.05) is 11.6 Å². The van der Waals surface area contributed by atoms with Crippen LogP contribution in [0.25, 0.3) is 0 Å². The molecule has 0 aliphatic carbocycles. The SMILES string of the molecule is CC[C@@H](N)c1cccc(C(C)C)c1O. The van der Waals surface area contributed by atoms with Crippen LogP contribution in [0.2, 0.25) is 0 Å². The molecule has 0 aromatic heterocycles. The van der Waals surface area contributed by atoms with Crippen LogP contribution in [0, 0.1) is 0 Å². The maximum atomic E-state index is 9.98. The van der Waals surface area contributed by atoms with Crippen molar-refractivity contribution in [3.8, 4) is 5.75 Å². The monoisotopic (exact) mass is 193 g/mol. The lowest BCUT2D eigenvalue weighted by Crippen LogP contribution is -2.09. The highest BCUT2D eigenvalue weighted by Gasteiger charge is 2.13. The normalized spacial score (nSPS) is 13.2. The molecule has 3 N–H and O–H groups in total. The fraction of sp³-hybridized carbons (Fsp3) is 0.500. The first-order chi connectivity index (χ1) is 6.57. The van der Waals surface area contributed by atoms with Gasteiger partial charge in [0.2, 0.25) is 0 Å². The Bertz CT molecular complexity index is 307.